The van der Waals surface area contributed by atoms with E-state index in [0.29, 0.717) is 0 Å². The second kappa shape index (κ2) is 5.11. The molecule has 1 nitrogen and oxygen atoms in total. The molecule has 4 heteroatoms. The standard InChI is InChI=1S/C9H10Cl2OS/c1-13-7-4-2-6(3-5-7)8(12)9(10)11/h2-5,8-9,12H,1H3. The average Bonchev–Trinajstić information content (AvgIpc) is 2.17. The van der Waals surface area contributed by atoms with E-state index in [1.54, 1.807) is 11.8 Å². The zero-order valence-electron chi connectivity index (χ0n) is 7.08. The summed E-state index contributed by atoms with van der Waals surface area (Å²) < 4.78 is 0. The minimum Gasteiger partial charge on any atom is -0.386 e. The van der Waals surface area contributed by atoms with Crippen LogP contribution in [0.25, 0.3) is 0 Å². The SMILES string of the molecule is CSc1ccc(C(O)C(Cl)Cl)cc1. The van der Waals surface area contributed by atoms with Crippen molar-refractivity contribution in [2.24, 2.45) is 0 Å². The van der Waals surface area contributed by atoms with Crippen molar-refractivity contribution in [1.29, 1.82) is 0 Å². The summed E-state index contributed by atoms with van der Waals surface area (Å²) in [5, 5.41) is 9.49. The van der Waals surface area contributed by atoms with Gasteiger partial charge in [-0.1, -0.05) is 12.1 Å². The van der Waals surface area contributed by atoms with Crippen LogP contribution in [-0.4, -0.2) is 16.2 Å². The van der Waals surface area contributed by atoms with Gasteiger partial charge in [0.25, 0.3) is 0 Å². The Kier molecular flexibility index (Phi) is 4.39. The number of aliphatic hydroxyl groups excluding tert-OH is 1. The molecule has 1 aromatic carbocycles. The van der Waals surface area contributed by atoms with Crippen LogP contribution in [-0.2, 0) is 0 Å². The molecule has 0 fully saturated rings. The molecule has 1 atom stereocenters. The Balaban J connectivity index is 2.79. The van der Waals surface area contributed by atoms with Crippen molar-refractivity contribution in [2.45, 2.75) is 15.8 Å². The van der Waals surface area contributed by atoms with E-state index >= 15 is 0 Å². The van der Waals surface area contributed by atoms with E-state index in [0.717, 1.165) is 10.5 Å². The fourth-order valence-corrected chi connectivity index (χ4v) is 1.65. The molecule has 72 valence electrons. The molecule has 0 saturated carbocycles. The van der Waals surface area contributed by atoms with Gasteiger partial charge in [0.2, 0.25) is 0 Å². The minimum absolute atomic E-state index is 0.743. The summed E-state index contributed by atoms with van der Waals surface area (Å²) in [5.74, 6) is 0. The van der Waals surface area contributed by atoms with Gasteiger partial charge in [0.05, 0.1) is 0 Å². The molecule has 0 saturated heterocycles. The number of benzene rings is 1. The zero-order chi connectivity index (χ0) is 9.84. The fraction of sp³-hybridized carbons (Fsp3) is 0.333. The summed E-state index contributed by atoms with van der Waals surface area (Å²) >= 11 is 12.7. The van der Waals surface area contributed by atoms with Gasteiger partial charge in [-0.15, -0.1) is 35.0 Å². The molecule has 13 heavy (non-hydrogen) atoms. The first-order valence-corrected chi connectivity index (χ1v) is 5.85. The van der Waals surface area contributed by atoms with Crippen LogP contribution in [0.3, 0.4) is 0 Å². The molecule has 0 amide bonds. The number of aliphatic hydroxyl groups is 1. The first kappa shape index (κ1) is 11.2. The van der Waals surface area contributed by atoms with Crippen LogP contribution in [0.5, 0.6) is 0 Å². The van der Waals surface area contributed by atoms with Gasteiger partial charge in [-0.25, -0.2) is 0 Å². The molecule has 1 N–H and O–H groups in total. The van der Waals surface area contributed by atoms with Crippen molar-refractivity contribution in [3.8, 4) is 0 Å². The van der Waals surface area contributed by atoms with Crippen molar-refractivity contribution in [1.82, 2.24) is 0 Å². The molecular formula is C9H10Cl2OS. The summed E-state index contributed by atoms with van der Waals surface area (Å²) in [4.78, 5) is 0.372. The summed E-state index contributed by atoms with van der Waals surface area (Å²) in [7, 11) is 0. The topological polar surface area (TPSA) is 20.2 Å². The second-order valence-electron chi connectivity index (χ2n) is 2.55. The van der Waals surface area contributed by atoms with E-state index < -0.39 is 10.9 Å². The predicted molar refractivity (Wildman–Crippen MR) is 58.7 cm³/mol. The van der Waals surface area contributed by atoms with Crippen LogP contribution < -0.4 is 0 Å². The number of rotatable bonds is 3. The van der Waals surface area contributed by atoms with E-state index in [2.05, 4.69) is 0 Å². The Morgan fingerprint density at radius 1 is 1.23 bits per heavy atom. The Hall–Kier alpha value is 0.110. The Bertz CT molecular complexity index is 261. The summed E-state index contributed by atoms with van der Waals surface area (Å²) in [6.45, 7) is 0. The molecule has 1 aromatic rings. The molecule has 0 radical (unpaired) electrons. The molecule has 0 aliphatic heterocycles. The lowest BCUT2D eigenvalue weighted by molar-refractivity contribution is 0.193. The number of halogens is 2. The van der Waals surface area contributed by atoms with Crippen molar-refractivity contribution in [3.63, 3.8) is 0 Å². The highest BCUT2D eigenvalue weighted by molar-refractivity contribution is 7.98. The van der Waals surface area contributed by atoms with Gasteiger partial charge in [-0.2, -0.15) is 0 Å². The summed E-state index contributed by atoms with van der Waals surface area (Å²) in [6.07, 6.45) is 1.19. The number of alkyl halides is 2. The minimum atomic E-state index is -0.806. The normalized spacial score (nSPS) is 13.3. The van der Waals surface area contributed by atoms with E-state index in [-0.39, 0.29) is 0 Å². The molecule has 0 aliphatic rings. The van der Waals surface area contributed by atoms with Crippen LogP contribution in [0, 0.1) is 0 Å². The summed E-state index contributed by atoms with van der Waals surface area (Å²) in [6, 6.07) is 7.52. The number of thioether (sulfide) groups is 1. The largest absolute Gasteiger partial charge is 0.386 e. The van der Waals surface area contributed by atoms with Gasteiger partial charge in [-0.3, -0.25) is 0 Å². The molecule has 0 aromatic heterocycles. The lowest BCUT2D eigenvalue weighted by Gasteiger charge is -2.11. The highest BCUT2D eigenvalue weighted by atomic mass is 35.5. The quantitative estimate of drug-likeness (QED) is 0.643. The third-order valence-electron chi connectivity index (χ3n) is 1.70. The number of hydrogen-bond acceptors (Lipinski definition) is 2. The van der Waals surface area contributed by atoms with Crippen molar-refractivity contribution in [3.05, 3.63) is 29.8 Å². The number of hydrogen-bond donors (Lipinski definition) is 1. The molecule has 0 bridgehead atoms. The lowest BCUT2D eigenvalue weighted by atomic mass is 10.1. The van der Waals surface area contributed by atoms with Gasteiger partial charge in [0.1, 0.15) is 10.9 Å². The molecular weight excluding hydrogens is 227 g/mol. The Morgan fingerprint density at radius 3 is 2.15 bits per heavy atom. The lowest BCUT2D eigenvalue weighted by Crippen LogP contribution is -2.05. The van der Waals surface area contributed by atoms with E-state index in [1.165, 1.54) is 0 Å². The first-order chi connectivity index (χ1) is 6.15. The molecule has 1 unspecified atom stereocenters. The third-order valence-corrected chi connectivity index (χ3v) is 2.92. The highest BCUT2D eigenvalue weighted by Crippen LogP contribution is 2.25. The van der Waals surface area contributed by atoms with Crippen molar-refractivity contribution in [2.75, 3.05) is 6.26 Å². The third kappa shape index (κ3) is 3.06. The molecule has 0 heterocycles. The van der Waals surface area contributed by atoms with E-state index in [9.17, 15) is 5.11 Å². The zero-order valence-corrected chi connectivity index (χ0v) is 9.40. The van der Waals surface area contributed by atoms with Crippen LogP contribution in [0.2, 0.25) is 0 Å². The van der Waals surface area contributed by atoms with Crippen LogP contribution in [0.4, 0.5) is 0 Å². The molecule has 1 rings (SSSR count). The maximum absolute atomic E-state index is 9.49. The average molecular weight is 237 g/mol. The second-order valence-corrected chi connectivity index (χ2v) is 4.60. The van der Waals surface area contributed by atoms with Gasteiger partial charge in [0, 0.05) is 4.90 Å². The smallest absolute Gasteiger partial charge is 0.137 e. The van der Waals surface area contributed by atoms with Gasteiger partial charge >= 0.3 is 0 Å². The first-order valence-electron chi connectivity index (χ1n) is 3.75. The van der Waals surface area contributed by atoms with Crippen LogP contribution in [0.1, 0.15) is 11.7 Å². The maximum atomic E-state index is 9.49. The Labute approximate surface area is 92.1 Å². The molecule has 0 spiro atoms. The fourth-order valence-electron chi connectivity index (χ4n) is 0.947. The van der Waals surface area contributed by atoms with Gasteiger partial charge in [-0.05, 0) is 24.0 Å². The van der Waals surface area contributed by atoms with Crippen molar-refractivity contribution >= 4 is 35.0 Å². The van der Waals surface area contributed by atoms with Gasteiger partial charge in [0.15, 0.2) is 0 Å². The maximum Gasteiger partial charge on any atom is 0.137 e. The van der Waals surface area contributed by atoms with Crippen LogP contribution in [0.15, 0.2) is 29.2 Å². The van der Waals surface area contributed by atoms with E-state index in [1.807, 2.05) is 30.5 Å². The van der Waals surface area contributed by atoms with Gasteiger partial charge < -0.3 is 5.11 Å². The predicted octanol–water partition coefficient (Wildman–Crippen LogP) is 3.25. The summed E-state index contributed by atoms with van der Waals surface area (Å²) in [5.41, 5.74) is 0.743. The highest BCUT2D eigenvalue weighted by Gasteiger charge is 2.14. The Morgan fingerprint density at radius 2 is 1.77 bits per heavy atom. The molecule has 0 aliphatic carbocycles. The van der Waals surface area contributed by atoms with Crippen LogP contribution >= 0.6 is 35.0 Å². The van der Waals surface area contributed by atoms with Crippen molar-refractivity contribution < 1.29 is 5.11 Å². The van der Waals surface area contributed by atoms with E-state index in [4.69, 9.17) is 23.2 Å². The monoisotopic (exact) mass is 236 g/mol.